The van der Waals surface area contributed by atoms with Crippen LogP contribution in [0.3, 0.4) is 0 Å². The van der Waals surface area contributed by atoms with Gasteiger partial charge in [-0.2, -0.15) is 0 Å². The third-order valence-corrected chi connectivity index (χ3v) is 4.00. The van der Waals surface area contributed by atoms with E-state index in [9.17, 15) is 0 Å². The molecule has 3 heteroatoms. The van der Waals surface area contributed by atoms with Crippen molar-refractivity contribution in [2.24, 2.45) is 7.05 Å². The second-order valence-corrected chi connectivity index (χ2v) is 5.95. The molecule has 0 bridgehead atoms. The van der Waals surface area contributed by atoms with Gasteiger partial charge in [0.2, 0.25) is 0 Å². The Hall–Kier alpha value is -1.32. The molecule has 2 aromatic rings. The van der Waals surface area contributed by atoms with Gasteiger partial charge in [-0.25, -0.2) is 0 Å². The Labute approximate surface area is 128 Å². The molecule has 0 saturated carbocycles. The highest BCUT2D eigenvalue weighted by Crippen LogP contribution is 2.24. The third-order valence-electron chi connectivity index (χ3n) is 4.00. The molecule has 1 aromatic carbocycles. The number of unbranched alkanes of at least 4 members (excludes halogenated alkanes) is 1. The van der Waals surface area contributed by atoms with Crippen molar-refractivity contribution in [3.63, 3.8) is 0 Å². The maximum atomic E-state index is 5.55. The van der Waals surface area contributed by atoms with Crippen molar-refractivity contribution in [3.05, 3.63) is 35.5 Å². The van der Waals surface area contributed by atoms with E-state index in [2.05, 4.69) is 62.0 Å². The topological polar surface area (TPSA) is 26.2 Å². The second kappa shape index (κ2) is 7.62. The van der Waals surface area contributed by atoms with Crippen LogP contribution in [0.1, 0.15) is 37.9 Å². The number of hydrogen-bond donors (Lipinski definition) is 1. The van der Waals surface area contributed by atoms with E-state index in [0.29, 0.717) is 6.10 Å². The summed E-state index contributed by atoms with van der Waals surface area (Å²) in [5.74, 6) is 0. The first-order valence-electron chi connectivity index (χ1n) is 7.96. The summed E-state index contributed by atoms with van der Waals surface area (Å²) in [6, 6.07) is 8.61. The Morgan fingerprint density at radius 1 is 1.19 bits per heavy atom. The van der Waals surface area contributed by atoms with Crippen LogP contribution in [0, 0.1) is 6.92 Å². The zero-order valence-corrected chi connectivity index (χ0v) is 13.8. The van der Waals surface area contributed by atoms with E-state index in [1.807, 2.05) is 0 Å². The SMILES string of the molecule is Cc1c(CNCCCCOC(C)C)n(C)c2ccccc12. The second-order valence-electron chi connectivity index (χ2n) is 5.95. The molecule has 0 amide bonds. The summed E-state index contributed by atoms with van der Waals surface area (Å²) in [5.41, 5.74) is 4.09. The standard InChI is InChI=1S/C18H28N2O/c1-14(2)21-12-8-7-11-19-13-18-15(3)16-9-5-6-10-17(16)20(18)4/h5-6,9-10,14,19H,7-8,11-13H2,1-4H3. The van der Waals surface area contributed by atoms with E-state index < -0.39 is 0 Å². The largest absolute Gasteiger partial charge is 0.379 e. The van der Waals surface area contributed by atoms with Crippen molar-refractivity contribution in [2.45, 2.75) is 46.3 Å². The molecule has 1 aromatic heterocycles. The highest BCUT2D eigenvalue weighted by atomic mass is 16.5. The Morgan fingerprint density at radius 2 is 1.95 bits per heavy atom. The monoisotopic (exact) mass is 288 g/mol. The van der Waals surface area contributed by atoms with E-state index in [0.717, 1.165) is 32.5 Å². The summed E-state index contributed by atoms with van der Waals surface area (Å²) in [5, 5.41) is 4.92. The van der Waals surface area contributed by atoms with E-state index in [-0.39, 0.29) is 0 Å². The van der Waals surface area contributed by atoms with E-state index >= 15 is 0 Å². The minimum absolute atomic E-state index is 0.344. The molecule has 116 valence electrons. The number of aromatic nitrogens is 1. The van der Waals surface area contributed by atoms with Gasteiger partial charge in [0.25, 0.3) is 0 Å². The normalized spacial score (nSPS) is 11.7. The molecular formula is C18H28N2O. The predicted octanol–water partition coefficient (Wildman–Crippen LogP) is 3.78. The Bertz CT molecular complexity index is 533. The van der Waals surface area contributed by atoms with Crippen LogP contribution in [0.25, 0.3) is 10.9 Å². The molecule has 0 aliphatic heterocycles. The van der Waals surface area contributed by atoms with Crippen molar-refractivity contribution in [2.75, 3.05) is 13.2 Å². The Balaban J connectivity index is 1.81. The first-order chi connectivity index (χ1) is 10.1. The molecule has 0 fully saturated rings. The van der Waals surface area contributed by atoms with Gasteiger partial charge in [-0.3, -0.25) is 0 Å². The molecule has 2 rings (SSSR count). The van der Waals surface area contributed by atoms with Crippen molar-refractivity contribution < 1.29 is 4.74 Å². The number of nitrogens with zero attached hydrogens (tertiary/aromatic N) is 1. The molecule has 0 aliphatic carbocycles. The number of rotatable bonds is 8. The van der Waals surface area contributed by atoms with Gasteiger partial charge in [0, 0.05) is 36.8 Å². The fourth-order valence-corrected chi connectivity index (χ4v) is 2.76. The van der Waals surface area contributed by atoms with Crippen LogP contribution in [-0.4, -0.2) is 23.8 Å². The smallest absolute Gasteiger partial charge is 0.0518 e. The minimum atomic E-state index is 0.344. The van der Waals surface area contributed by atoms with Gasteiger partial charge < -0.3 is 14.6 Å². The van der Waals surface area contributed by atoms with Crippen LogP contribution in [0.2, 0.25) is 0 Å². The average Bonchev–Trinajstić information content (AvgIpc) is 2.71. The number of fused-ring (bicyclic) bond motifs is 1. The fourth-order valence-electron chi connectivity index (χ4n) is 2.76. The highest BCUT2D eigenvalue weighted by molar-refractivity contribution is 5.85. The number of para-hydroxylation sites is 1. The number of ether oxygens (including phenoxy) is 1. The number of benzene rings is 1. The van der Waals surface area contributed by atoms with Crippen LogP contribution in [0.4, 0.5) is 0 Å². The Morgan fingerprint density at radius 3 is 2.67 bits per heavy atom. The zero-order chi connectivity index (χ0) is 15.2. The van der Waals surface area contributed by atoms with E-state index in [1.54, 1.807) is 0 Å². The lowest BCUT2D eigenvalue weighted by Crippen LogP contribution is -2.18. The number of aryl methyl sites for hydroxylation is 2. The zero-order valence-electron chi connectivity index (χ0n) is 13.8. The van der Waals surface area contributed by atoms with Gasteiger partial charge in [0.1, 0.15) is 0 Å². The summed E-state index contributed by atoms with van der Waals surface area (Å²) in [7, 11) is 2.16. The molecular weight excluding hydrogens is 260 g/mol. The fraction of sp³-hybridized carbons (Fsp3) is 0.556. The van der Waals surface area contributed by atoms with Gasteiger partial charge in [-0.05, 0) is 51.8 Å². The summed E-state index contributed by atoms with van der Waals surface area (Å²) < 4.78 is 7.86. The molecule has 0 radical (unpaired) electrons. The molecule has 1 heterocycles. The third kappa shape index (κ3) is 4.08. The minimum Gasteiger partial charge on any atom is -0.379 e. The number of hydrogen-bond acceptors (Lipinski definition) is 2. The Kier molecular flexibility index (Phi) is 5.83. The molecule has 0 atom stereocenters. The van der Waals surface area contributed by atoms with Gasteiger partial charge in [0.15, 0.2) is 0 Å². The lowest BCUT2D eigenvalue weighted by atomic mass is 10.1. The molecule has 0 unspecified atom stereocenters. The average molecular weight is 288 g/mol. The highest BCUT2D eigenvalue weighted by Gasteiger charge is 2.10. The molecule has 0 saturated heterocycles. The molecule has 3 nitrogen and oxygen atoms in total. The van der Waals surface area contributed by atoms with Gasteiger partial charge in [-0.15, -0.1) is 0 Å². The first-order valence-corrected chi connectivity index (χ1v) is 7.96. The van der Waals surface area contributed by atoms with Crippen molar-refractivity contribution in [1.82, 2.24) is 9.88 Å². The van der Waals surface area contributed by atoms with E-state index in [1.165, 1.54) is 22.2 Å². The van der Waals surface area contributed by atoms with Gasteiger partial charge in [0.05, 0.1) is 6.10 Å². The molecule has 0 spiro atoms. The van der Waals surface area contributed by atoms with E-state index in [4.69, 9.17) is 4.74 Å². The summed E-state index contributed by atoms with van der Waals surface area (Å²) in [6.07, 6.45) is 2.63. The molecule has 0 aliphatic rings. The quantitative estimate of drug-likeness (QED) is 0.748. The van der Waals surface area contributed by atoms with Crippen molar-refractivity contribution in [3.8, 4) is 0 Å². The maximum absolute atomic E-state index is 5.55. The van der Waals surface area contributed by atoms with Crippen LogP contribution >= 0.6 is 0 Å². The van der Waals surface area contributed by atoms with Crippen molar-refractivity contribution >= 4 is 10.9 Å². The first kappa shape index (κ1) is 16.1. The lowest BCUT2D eigenvalue weighted by Gasteiger charge is -2.09. The van der Waals surface area contributed by atoms with Crippen LogP contribution in [0.5, 0.6) is 0 Å². The van der Waals surface area contributed by atoms with Crippen LogP contribution in [0.15, 0.2) is 24.3 Å². The predicted molar refractivity (Wildman–Crippen MR) is 89.7 cm³/mol. The van der Waals surface area contributed by atoms with Crippen LogP contribution in [-0.2, 0) is 18.3 Å². The summed E-state index contributed by atoms with van der Waals surface area (Å²) >= 11 is 0. The maximum Gasteiger partial charge on any atom is 0.0518 e. The van der Waals surface area contributed by atoms with Crippen molar-refractivity contribution in [1.29, 1.82) is 0 Å². The lowest BCUT2D eigenvalue weighted by molar-refractivity contribution is 0.0760. The number of nitrogens with one attached hydrogen (secondary N) is 1. The van der Waals surface area contributed by atoms with Gasteiger partial charge >= 0.3 is 0 Å². The van der Waals surface area contributed by atoms with Crippen LogP contribution < -0.4 is 5.32 Å². The van der Waals surface area contributed by atoms with Gasteiger partial charge in [-0.1, -0.05) is 18.2 Å². The summed E-state index contributed by atoms with van der Waals surface area (Å²) in [6.45, 7) is 9.23. The summed E-state index contributed by atoms with van der Waals surface area (Å²) in [4.78, 5) is 0. The molecule has 1 N–H and O–H groups in total. The molecule has 21 heavy (non-hydrogen) atoms.